The van der Waals surface area contributed by atoms with E-state index in [1.54, 1.807) is 0 Å². The monoisotopic (exact) mass is 354 g/mol. The first kappa shape index (κ1) is 15.4. The van der Waals surface area contributed by atoms with E-state index in [0.717, 1.165) is 23.1 Å². The Bertz CT molecular complexity index is 609. The number of hydrogen-bond donors (Lipinski definition) is 1. The van der Waals surface area contributed by atoms with Gasteiger partial charge in [0.15, 0.2) is 5.13 Å². The summed E-state index contributed by atoms with van der Waals surface area (Å²) in [5.41, 5.74) is 2.24. The van der Waals surface area contributed by atoms with Gasteiger partial charge in [-0.25, -0.2) is 4.98 Å². The van der Waals surface area contributed by atoms with Crippen LogP contribution in [-0.2, 0) is 4.79 Å². The molecule has 2 rings (SSSR count). The molecule has 1 aromatic carbocycles. The van der Waals surface area contributed by atoms with E-state index in [2.05, 4.69) is 59.1 Å². The number of benzene rings is 1. The molecule has 0 unspecified atom stereocenters. The molecule has 2 aromatic rings. The number of nitrogens with zero attached hydrogens (tertiary/aromatic N) is 1. The quantitative estimate of drug-likeness (QED) is 0.774. The number of fused-ring (bicyclic) bond motifs is 1. The van der Waals surface area contributed by atoms with Crippen molar-refractivity contribution in [2.75, 3.05) is 5.32 Å². The van der Waals surface area contributed by atoms with Gasteiger partial charge in [-0.05, 0) is 30.0 Å². The largest absolute Gasteiger partial charge is 0.301 e. The van der Waals surface area contributed by atoms with Crippen molar-refractivity contribution < 1.29 is 4.79 Å². The maximum Gasteiger partial charge on any atom is 0.239 e. The van der Waals surface area contributed by atoms with E-state index >= 15 is 0 Å². The lowest BCUT2D eigenvalue weighted by molar-refractivity contribution is -0.115. The minimum Gasteiger partial charge on any atom is -0.301 e. The molecule has 0 saturated heterocycles. The van der Waals surface area contributed by atoms with Gasteiger partial charge in [-0.1, -0.05) is 60.5 Å². The summed E-state index contributed by atoms with van der Waals surface area (Å²) in [6.45, 7) is 6.41. The standard InChI is InChI=1S/C15H19BrN2OS/c1-4-5-11(16)14(19)18-15-17-12-7-6-10(9(2)3)8-13(12)20-15/h6-9,11H,4-5H2,1-3H3,(H,17,18,19)/t11-/m1/s1. The number of amides is 1. The molecule has 1 N–H and O–H groups in total. The van der Waals surface area contributed by atoms with Gasteiger partial charge in [-0.15, -0.1) is 0 Å². The summed E-state index contributed by atoms with van der Waals surface area (Å²) in [5, 5.41) is 3.56. The van der Waals surface area contributed by atoms with Crippen LogP contribution in [0.15, 0.2) is 18.2 Å². The number of aromatic nitrogens is 1. The van der Waals surface area contributed by atoms with E-state index in [4.69, 9.17) is 0 Å². The topological polar surface area (TPSA) is 42.0 Å². The van der Waals surface area contributed by atoms with E-state index in [0.29, 0.717) is 11.0 Å². The molecular formula is C15H19BrN2OS. The summed E-state index contributed by atoms with van der Waals surface area (Å²) >= 11 is 4.93. The van der Waals surface area contributed by atoms with Crippen LogP contribution >= 0.6 is 27.3 Å². The van der Waals surface area contributed by atoms with Crippen molar-refractivity contribution in [3.63, 3.8) is 0 Å². The van der Waals surface area contributed by atoms with Crippen LogP contribution < -0.4 is 5.32 Å². The van der Waals surface area contributed by atoms with Gasteiger partial charge in [0.05, 0.1) is 15.0 Å². The van der Waals surface area contributed by atoms with Crippen molar-refractivity contribution in [1.82, 2.24) is 4.98 Å². The van der Waals surface area contributed by atoms with Crippen molar-refractivity contribution >= 4 is 48.5 Å². The molecule has 3 nitrogen and oxygen atoms in total. The Hall–Kier alpha value is -0.940. The van der Waals surface area contributed by atoms with Crippen LogP contribution in [0.5, 0.6) is 0 Å². The summed E-state index contributed by atoms with van der Waals surface area (Å²) in [6.07, 6.45) is 1.80. The summed E-state index contributed by atoms with van der Waals surface area (Å²) in [5.74, 6) is 0.478. The Morgan fingerprint density at radius 1 is 1.45 bits per heavy atom. The van der Waals surface area contributed by atoms with Gasteiger partial charge in [0.25, 0.3) is 0 Å². The highest BCUT2D eigenvalue weighted by atomic mass is 79.9. The Kier molecular flexibility index (Phi) is 5.16. The third kappa shape index (κ3) is 3.58. The van der Waals surface area contributed by atoms with Crippen LogP contribution in [-0.4, -0.2) is 15.7 Å². The SMILES string of the molecule is CCC[C@@H](Br)C(=O)Nc1nc2ccc(C(C)C)cc2s1. The zero-order chi connectivity index (χ0) is 14.7. The lowest BCUT2D eigenvalue weighted by Gasteiger charge is -2.06. The molecular weight excluding hydrogens is 336 g/mol. The number of rotatable bonds is 5. The van der Waals surface area contributed by atoms with E-state index in [1.807, 2.05) is 6.07 Å². The fraction of sp³-hybridized carbons (Fsp3) is 0.467. The molecule has 108 valence electrons. The predicted molar refractivity (Wildman–Crippen MR) is 90.0 cm³/mol. The molecule has 0 bridgehead atoms. The molecule has 1 heterocycles. The number of halogens is 1. The average Bonchev–Trinajstić information content (AvgIpc) is 2.79. The third-order valence-electron chi connectivity index (χ3n) is 3.14. The van der Waals surface area contributed by atoms with Crippen LogP contribution in [0, 0.1) is 0 Å². The molecule has 0 radical (unpaired) electrons. The zero-order valence-corrected chi connectivity index (χ0v) is 14.3. The maximum atomic E-state index is 12.0. The normalized spacial score (nSPS) is 12.8. The molecule has 5 heteroatoms. The molecule has 0 saturated carbocycles. The fourth-order valence-corrected chi connectivity index (χ4v) is 3.41. The molecule has 0 aliphatic rings. The van der Waals surface area contributed by atoms with Crippen LogP contribution in [0.3, 0.4) is 0 Å². The van der Waals surface area contributed by atoms with Gasteiger partial charge in [-0.2, -0.15) is 0 Å². The van der Waals surface area contributed by atoms with Crippen molar-refractivity contribution in [2.24, 2.45) is 0 Å². The highest BCUT2D eigenvalue weighted by Gasteiger charge is 2.15. The lowest BCUT2D eigenvalue weighted by atomic mass is 10.0. The Morgan fingerprint density at radius 3 is 2.85 bits per heavy atom. The molecule has 0 spiro atoms. The summed E-state index contributed by atoms with van der Waals surface area (Å²) in [7, 11) is 0. The van der Waals surface area contributed by atoms with Crippen LogP contribution in [0.1, 0.15) is 45.1 Å². The minimum atomic E-state index is -0.147. The molecule has 20 heavy (non-hydrogen) atoms. The van der Waals surface area contributed by atoms with E-state index in [1.165, 1.54) is 16.9 Å². The Balaban J connectivity index is 2.17. The fourth-order valence-electron chi connectivity index (χ4n) is 1.92. The van der Waals surface area contributed by atoms with Gasteiger partial charge in [0, 0.05) is 0 Å². The zero-order valence-electron chi connectivity index (χ0n) is 11.9. The molecule has 1 amide bonds. The second kappa shape index (κ2) is 6.68. The smallest absolute Gasteiger partial charge is 0.239 e. The van der Waals surface area contributed by atoms with Crippen molar-refractivity contribution in [3.8, 4) is 0 Å². The highest BCUT2D eigenvalue weighted by Crippen LogP contribution is 2.29. The Labute approximate surface area is 131 Å². The molecule has 1 aromatic heterocycles. The van der Waals surface area contributed by atoms with E-state index in [-0.39, 0.29) is 10.7 Å². The van der Waals surface area contributed by atoms with E-state index < -0.39 is 0 Å². The minimum absolute atomic E-state index is 0.0185. The number of thiazole rings is 1. The van der Waals surface area contributed by atoms with Gasteiger partial charge in [0.1, 0.15) is 0 Å². The number of carbonyl (C=O) groups is 1. The number of carbonyl (C=O) groups excluding carboxylic acids is 1. The van der Waals surface area contributed by atoms with Crippen molar-refractivity contribution in [1.29, 1.82) is 0 Å². The number of nitrogens with one attached hydrogen (secondary N) is 1. The maximum absolute atomic E-state index is 12.0. The van der Waals surface area contributed by atoms with Crippen LogP contribution in [0.25, 0.3) is 10.2 Å². The van der Waals surface area contributed by atoms with Crippen LogP contribution in [0.2, 0.25) is 0 Å². The molecule has 0 aliphatic heterocycles. The van der Waals surface area contributed by atoms with Crippen LogP contribution in [0.4, 0.5) is 5.13 Å². The molecule has 1 atom stereocenters. The van der Waals surface area contributed by atoms with Gasteiger partial charge < -0.3 is 5.32 Å². The van der Waals surface area contributed by atoms with Gasteiger partial charge >= 0.3 is 0 Å². The first-order valence-corrected chi connectivity index (χ1v) is 8.60. The first-order valence-electron chi connectivity index (χ1n) is 6.86. The van der Waals surface area contributed by atoms with Gasteiger partial charge in [-0.3, -0.25) is 4.79 Å². The second-order valence-electron chi connectivity index (χ2n) is 5.15. The number of anilines is 1. The third-order valence-corrected chi connectivity index (χ3v) is 4.94. The van der Waals surface area contributed by atoms with E-state index in [9.17, 15) is 4.79 Å². The predicted octanol–water partition coefficient (Wildman–Crippen LogP) is 4.92. The summed E-state index contributed by atoms with van der Waals surface area (Å²) in [4.78, 5) is 16.3. The first-order chi connectivity index (χ1) is 9.51. The molecule has 0 fully saturated rings. The Morgan fingerprint density at radius 2 is 2.20 bits per heavy atom. The lowest BCUT2D eigenvalue weighted by Crippen LogP contribution is -2.22. The van der Waals surface area contributed by atoms with Gasteiger partial charge in [0.2, 0.25) is 5.91 Å². The summed E-state index contributed by atoms with van der Waals surface area (Å²) < 4.78 is 1.12. The van der Waals surface area contributed by atoms with Crippen molar-refractivity contribution in [2.45, 2.75) is 44.4 Å². The summed E-state index contributed by atoms with van der Waals surface area (Å²) in [6, 6.07) is 6.28. The number of alkyl halides is 1. The molecule has 0 aliphatic carbocycles. The average molecular weight is 355 g/mol. The number of hydrogen-bond acceptors (Lipinski definition) is 3. The highest BCUT2D eigenvalue weighted by molar-refractivity contribution is 9.10. The van der Waals surface area contributed by atoms with Crippen molar-refractivity contribution in [3.05, 3.63) is 23.8 Å². The second-order valence-corrected chi connectivity index (χ2v) is 7.28.